The van der Waals surface area contributed by atoms with E-state index >= 15 is 0 Å². The largest absolute Gasteiger partial charge is 0.493 e. The van der Waals surface area contributed by atoms with Crippen LogP contribution in [0.5, 0.6) is 11.5 Å². The number of imidazole rings is 1. The van der Waals surface area contributed by atoms with Gasteiger partial charge in [-0.3, -0.25) is 4.79 Å². The van der Waals surface area contributed by atoms with E-state index in [0.29, 0.717) is 28.2 Å². The van der Waals surface area contributed by atoms with E-state index in [2.05, 4.69) is 15.3 Å². The molecular formula is C17H17N3O4. The number of fused-ring (bicyclic) bond motifs is 1. The molecule has 2 aromatic carbocycles. The number of benzene rings is 2. The maximum Gasteiger partial charge on any atom is 0.323 e. The number of rotatable bonds is 5. The zero-order valence-corrected chi connectivity index (χ0v) is 13.3. The van der Waals surface area contributed by atoms with Crippen LogP contribution in [0.25, 0.3) is 11.0 Å². The summed E-state index contributed by atoms with van der Waals surface area (Å²) in [6.07, 6.45) is 0. The Morgan fingerprint density at radius 2 is 1.88 bits per heavy atom. The average Bonchev–Trinajstić information content (AvgIpc) is 2.92. The Morgan fingerprint density at radius 3 is 2.67 bits per heavy atom. The van der Waals surface area contributed by atoms with Crippen LogP contribution in [-0.4, -0.2) is 29.6 Å². The Bertz CT molecular complexity index is 942. The van der Waals surface area contributed by atoms with Gasteiger partial charge in [0, 0.05) is 5.69 Å². The highest BCUT2D eigenvalue weighted by molar-refractivity contribution is 5.93. The van der Waals surface area contributed by atoms with Crippen molar-refractivity contribution in [1.82, 2.24) is 9.97 Å². The molecule has 3 aromatic rings. The minimum Gasteiger partial charge on any atom is -0.493 e. The molecule has 3 rings (SSSR count). The number of aryl methyl sites for hydroxylation is 1. The SMILES string of the molecule is COc1cc(C)ccc1OCC(=O)Nc1ccc2[nH]c(=O)[nH]c2c1. The highest BCUT2D eigenvalue weighted by Gasteiger charge is 2.09. The Hall–Kier alpha value is -3.22. The van der Waals surface area contributed by atoms with Crippen molar-refractivity contribution >= 4 is 22.6 Å². The molecule has 1 aromatic heterocycles. The summed E-state index contributed by atoms with van der Waals surface area (Å²) in [6, 6.07) is 10.6. The second-order valence-electron chi connectivity index (χ2n) is 5.33. The number of aromatic nitrogens is 2. The zero-order chi connectivity index (χ0) is 17.1. The first kappa shape index (κ1) is 15.7. The van der Waals surface area contributed by atoms with Crippen molar-refractivity contribution in [2.24, 2.45) is 0 Å². The summed E-state index contributed by atoms with van der Waals surface area (Å²) >= 11 is 0. The van der Waals surface area contributed by atoms with Gasteiger partial charge in [0.1, 0.15) is 0 Å². The Balaban J connectivity index is 1.65. The summed E-state index contributed by atoms with van der Waals surface area (Å²) in [7, 11) is 1.55. The molecule has 0 saturated heterocycles. The normalized spacial score (nSPS) is 10.6. The van der Waals surface area contributed by atoms with Gasteiger partial charge in [-0.25, -0.2) is 4.79 Å². The minimum atomic E-state index is -0.310. The van der Waals surface area contributed by atoms with Crippen LogP contribution in [0.4, 0.5) is 5.69 Å². The van der Waals surface area contributed by atoms with E-state index in [4.69, 9.17) is 9.47 Å². The molecule has 0 fully saturated rings. The molecule has 7 nitrogen and oxygen atoms in total. The third-order valence-corrected chi connectivity index (χ3v) is 3.48. The number of H-pyrrole nitrogens is 2. The monoisotopic (exact) mass is 327 g/mol. The predicted octanol–water partition coefficient (Wildman–Crippen LogP) is 2.19. The van der Waals surface area contributed by atoms with E-state index in [9.17, 15) is 9.59 Å². The first-order valence-corrected chi connectivity index (χ1v) is 7.34. The van der Waals surface area contributed by atoms with Crippen LogP contribution in [0.1, 0.15) is 5.56 Å². The maximum atomic E-state index is 12.0. The molecular weight excluding hydrogens is 310 g/mol. The number of nitrogens with one attached hydrogen (secondary N) is 3. The summed E-state index contributed by atoms with van der Waals surface area (Å²) in [4.78, 5) is 28.6. The first-order chi connectivity index (χ1) is 11.5. The van der Waals surface area contributed by atoms with Crippen molar-refractivity contribution in [2.45, 2.75) is 6.92 Å². The van der Waals surface area contributed by atoms with Crippen molar-refractivity contribution in [3.63, 3.8) is 0 Å². The van der Waals surface area contributed by atoms with Gasteiger partial charge in [0.25, 0.3) is 5.91 Å². The molecule has 0 aliphatic rings. The number of anilines is 1. The smallest absolute Gasteiger partial charge is 0.323 e. The maximum absolute atomic E-state index is 12.0. The second-order valence-corrected chi connectivity index (χ2v) is 5.33. The third-order valence-electron chi connectivity index (χ3n) is 3.48. The molecule has 0 aliphatic heterocycles. The highest BCUT2D eigenvalue weighted by atomic mass is 16.5. The molecule has 0 bridgehead atoms. The van der Waals surface area contributed by atoms with Gasteiger partial charge >= 0.3 is 5.69 Å². The van der Waals surface area contributed by atoms with Crippen LogP contribution in [0, 0.1) is 6.92 Å². The number of aromatic amines is 2. The standard InChI is InChI=1S/C17H17N3O4/c1-10-3-6-14(15(7-10)23-2)24-9-16(21)18-11-4-5-12-13(8-11)20-17(22)19-12/h3-8H,9H2,1-2H3,(H,18,21)(H2,19,20,22). The minimum absolute atomic E-state index is 0.152. The summed E-state index contributed by atoms with van der Waals surface area (Å²) in [5, 5.41) is 2.72. The van der Waals surface area contributed by atoms with Gasteiger partial charge in [-0.2, -0.15) is 0 Å². The van der Waals surface area contributed by atoms with Gasteiger partial charge in [-0.05, 0) is 42.8 Å². The number of hydrogen-bond acceptors (Lipinski definition) is 4. The molecule has 0 saturated carbocycles. The molecule has 0 unspecified atom stereocenters. The van der Waals surface area contributed by atoms with Crippen molar-refractivity contribution < 1.29 is 14.3 Å². The summed E-state index contributed by atoms with van der Waals surface area (Å²) in [5.74, 6) is 0.771. The summed E-state index contributed by atoms with van der Waals surface area (Å²) in [6.45, 7) is 1.79. The quantitative estimate of drug-likeness (QED) is 0.669. The van der Waals surface area contributed by atoms with Crippen LogP contribution in [0.15, 0.2) is 41.2 Å². The van der Waals surface area contributed by atoms with E-state index in [1.54, 1.807) is 31.4 Å². The predicted molar refractivity (Wildman–Crippen MR) is 90.8 cm³/mol. The molecule has 7 heteroatoms. The lowest BCUT2D eigenvalue weighted by atomic mass is 10.2. The van der Waals surface area contributed by atoms with Crippen molar-refractivity contribution in [3.05, 3.63) is 52.4 Å². The van der Waals surface area contributed by atoms with E-state index in [1.165, 1.54) is 0 Å². The molecule has 1 amide bonds. The first-order valence-electron chi connectivity index (χ1n) is 7.34. The number of ether oxygens (including phenoxy) is 2. The molecule has 0 aliphatic carbocycles. The molecule has 1 heterocycles. The molecule has 24 heavy (non-hydrogen) atoms. The van der Waals surface area contributed by atoms with Crippen LogP contribution < -0.4 is 20.5 Å². The van der Waals surface area contributed by atoms with Crippen molar-refractivity contribution in [1.29, 1.82) is 0 Å². The molecule has 124 valence electrons. The van der Waals surface area contributed by atoms with Crippen molar-refractivity contribution in [3.8, 4) is 11.5 Å². The average molecular weight is 327 g/mol. The Labute approximate surface area is 137 Å². The van der Waals surface area contributed by atoms with Crippen LogP contribution in [-0.2, 0) is 4.79 Å². The topological polar surface area (TPSA) is 96.2 Å². The second kappa shape index (κ2) is 6.49. The lowest BCUT2D eigenvalue weighted by molar-refractivity contribution is -0.118. The molecule has 0 spiro atoms. The number of carbonyl (C=O) groups excluding carboxylic acids is 1. The number of amides is 1. The molecule has 0 radical (unpaired) electrons. The lowest BCUT2D eigenvalue weighted by Crippen LogP contribution is -2.20. The van der Waals surface area contributed by atoms with Crippen LogP contribution in [0.3, 0.4) is 0 Å². The van der Waals surface area contributed by atoms with Gasteiger partial charge in [0.2, 0.25) is 0 Å². The van der Waals surface area contributed by atoms with Gasteiger partial charge in [-0.1, -0.05) is 6.07 Å². The van der Waals surface area contributed by atoms with Gasteiger partial charge in [0.15, 0.2) is 18.1 Å². The van der Waals surface area contributed by atoms with E-state index in [-0.39, 0.29) is 18.2 Å². The van der Waals surface area contributed by atoms with Gasteiger partial charge in [-0.15, -0.1) is 0 Å². The highest BCUT2D eigenvalue weighted by Crippen LogP contribution is 2.27. The Kier molecular flexibility index (Phi) is 4.24. The molecule has 0 atom stereocenters. The third kappa shape index (κ3) is 3.40. The van der Waals surface area contributed by atoms with E-state index in [1.807, 2.05) is 19.1 Å². The fourth-order valence-electron chi connectivity index (χ4n) is 2.34. The summed E-state index contributed by atoms with van der Waals surface area (Å²) in [5.41, 5.74) is 2.63. The lowest BCUT2D eigenvalue weighted by Gasteiger charge is -2.11. The summed E-state index contributed by atoms with van der Waals surface area (Å²) < 4.78 is 10.7. The van der Waals surface area contributed by atoms with E-state index < -0.39 is 0 Å². The fraction of sp³-hybridized carbons (Fsp3) is 0.176. The fourth-order valence-corrected chi connectivity index (χ4v) is 2.34. The number of hydrogen-bond donors (Lipinski definition) is 3. The number of methoxy groups -OCH3 is 1. The van der Waals surface area contributed by atoms with Crippen molar-refractivity contribution in [2.75, 3.05) is 19.0 Å². The van der Waals surface area contributed by atoms with Gasteiger partial charge in [0.05, 0.1) is 18.1 Å². The Morgan fingerprint density at radius 1 is 1.08 bits per heavy atom. The van der Waals surface area contributed by atoms with Crippen LogP contribution >= 0.6 is 0 Å². The van der Waals surface area contributed by atoms with Gasteiger partial charge < -0.3 is 24.8 Å². The van der Waals surface area contributed by atoms with E-state index in [0.717, 1.165) is 5.56 Å². The van der Waals surface area contributed by atoms with Crippen LogP contribution in [0.2, 0.25) is 0 Å². The molecule has 3 N–H and O–H groups in total. The zero-order valence-electron chi connectivity index (χ0n) is 13.3. The number of carbonyl (C=O) groups is 1.